The Morgan fingerprint density at radius 3 is 2.08 bits per heavy atom. The summed E-state index contributed by atoms with van der Waals surface area (Å²) < 4.78 is 16.0. The molecule has 0 atom stereocenters. The van der Waals surface area contributed by atoms with E-state index in [1.165, 1.54) is 44.1 Å². The molecule has 1 amide bonds. The molecule has 0 aliphatic heterocycles. The first-order valence-corrected chi connectivity index (χ1v) is 14.2. The van der Waals surface area contributed by atoms with Crippen molar-refractivity contribution in [3.63, 3.8) is 0 Å². The molecule has 0 aromatic heterocycles. The molecule has 0 heterocycles. The van der Waals surface area contributed by atoms with Gasteiger partial charge in [0.05, 0.1) is 25.0 Å². The smallest absolute Gasteiger partial charge is 0.374 e. The van der Waals surface area contributed by atoms with Crippen LogP contribution in [0.4, 0.5) is 5.69 Å². The first-order chi connectivity index (χ1) is 19.0. The Bertz CT molecular complexity index is 1060. The Morgan fingerprint density at radius 1 is 0.744 bits per heavy atom. The van der Waals surface area contributed by atoms with E-state index >= 15 is 0 Å². The average molecular weight is 538 g/mol. The number of amides is 1. The van der Waals surface area contributed by atoms with E-state index in [0.29, 0.717) is 24.1 Å². The average Bonchev–Trinajstić information content (AvgIpc) is 2.95. The highest BCUT2D eigenvalue weighted by Gasteiger charge is 2.19. The molecular weight excluding hydrogens is 494 g/mol. The zero-order chi connectivity index (χ0) is 28.3. The van der Waals surface area contributed by atoms with Crippen LogP contribution in [0.25, 0.3) is 0 Å². The number of nitrogens with one attached hydrogen (secondary N) is 1. The molecule has 2 aromatic rings. The van der Waals surface area contributed by atoms with Crippen molar-refractivity contribution in [2.45, 2.75) is 85.0 Å². The van der Waals surface area contributed by atoms with E-state index in [2.05, 4.69) is 12.2 Å². The number of hydrogen-bond donors (Lipinski definition) is 1. The van der Waals surface area contributed by atoms with Crippen LogP contribution in [0, 0.1) is 0 Å². The topological polar surface area (TPSA) is 90.9 Å². The van der Waals surface area contributed by atoms with Crippen LogP contribution in [0.3, 0.4) is 0 Å². The van der Waals surface area contributed by atoms with Gasteiger partial charge >= 0.3 is 11.9 Å². The highest BCUT2D eigenvalue weighted by Crippen LogP contribution is 2.27. The Kier molecular flexibility index (Phi) is 15.1. The predicted molar refractivity (Wildman–Crippen MR) is 154 cm³/mol. The molecule has 0 radical (unpaired) electrons. The number of carbonyl (C=O) groups excluding carboxylic acids is 3. The van der Waals surface area contributed by atoms with Crippen molar-refractivity contribution in [1.82, 2.24) is 0 Å². The highest BCUT2D eigenvalue weighted by atomic mass is 16.6. The predicted octanol–water partition coefficient (Wildman–Crippen LogP) is 7.40. The number of aryl methyl sites for hydroxylation is 1. The largest absolute Gasteiger partial charge is 0.462 e. The lowest BCUT2D eigenvalue weighted by Gasteiger charge is -2.14. The van der Waals surface area contributed by atoms with Crippen molar-refractivity contribution < 1.29 is 28.6 Å². The van der Waals surface area contributed by atoms with Gasteiger partial charge in [0.15, 0.2) is 5.75 Å². The molecule has 39 heavy (non-hydrogen) atoms. The Balaban J connectivity index is 2.03. The molecule has 0 saturated carbocycles. The number of ether oxygens (including phenoxy) is 3. The van der Waals surface area contributed by atoms with E-state index in [4.69, 9.17) is 14.2 Å². The molecule has 0 bridgehead atoms. The lowest BCUT2D eigenvalue weighted by atomic mass is 10.0. The zero-order valence-electron chi connectivity index (χ0n) is 23.6. The van der Waals surface area contributed by atoms with Gasteiger partial charge < -0.3 is 19.5 Å². The molecule has 7 heteroatoms. The highest BCUT2D eigenvalue weighted by molar-refractivity contribution is 6.05. The van der Waals surface area contributed by atoms with Gasteiger partial charge in [0.2, 0.25) is 5.76 Å². The van der Waals surface area contributed by atoms with Crippen LogP contribution in [-0.4, -0.2) is 31.1 Å². The molecule has 0 spiro atoms. The molecule has 2 rings (SSSR count). The molecular formula is C32H43NO6. The van der Waals surface area contributed by atoms with Gasteiger partial charge in [0.1, 0.15) is 0 Å². The zero-order valence-corrected chi connectivity index (χ0v) is 23.6. The van der Waals surface area contributed by atoms with Crippen molar-refractivity contribution in [1.29, 1.82) is 0 Å². The number of unbranched alkanes of at least 4 members (excludes halogenated alkanes) is 6. The summed E-state index contributed by atoms with van der Waals surface area (Å²) in [5, 5.41) is 2.84. The van der Waals surface area contributed by atoms with Crippen LogP contribution in [-0.2, 0) is 25.5 Å². The maximum absolute atomic E-state index is 13.0. The van der Waals surface area contributed by atoms with Gasteiger partial charge in [-0.05, 0) is 55.5 Å². The van der Waals surface area contributed by atoms with Crippen LogP contribution in [0.2, 0.25) is 0 Å². The van der Waals surface area contributed by atoms with E-state index in [9.17, 15) is 14.4 Å². The van der Waals surface area contributed by atoms with E-state index < -0.39 is 11.9 Å². The first-order valence-electron chi connectivity index (χ1n) is 14.2. The molecule has 0 saturated heterocycles. The number of anilines is 1. The van der Waals surface area contributed by atoms with Crippen LogP contribution in [0.15, 0.2) is 60.4 Å². The lowest BCUT2D eigenvalue weighted by molar-refractivity contribution is -0.143. The van der Waals surface area contributed by atoms with Crippen molar-refractivity contribution in [3.05, 3.63) is 71.5 Å². The monoisotopic (exact) mass is 537 g/mol. The van der Waals surface area contributed by atoms with Crippen LogP contribution in [0.5, 0.6) is 5.75 Å². The number of hydrogen-bond acceptors (Lipinski definition) is 6. The molecule has 0 unspecified atom stereocenters. The molecule has 7 nitrogen and oxygen atoms in total. The van der Waals surface area contributed by atoms with Gasteiger partial charge in [-0.25, -0.2) is 9.59 Å². The van der Waals surface area contributed by atoms with Gasteiger partial charge in [0.25, 0.3) is 5.91 Å². The molecule has 0 aliphatic rings. The minimum atomic E-state index is -0.789. The van der Waals surface area contributed by atoms with Crippen LogP contribution < -0.4 is 10.1 Å². The summed E-state index contributed by atoms with van der Waals surface area (Å²) in [5.74, 6) is -1.93. The first kappa shape index (κ1) is 31.6. The van der Waals surface area contributed by atoms with Gasteiger partial charge in [-0.1, -0.05) is 83.6 Å². The normalized spacial score (nSPS) is 11.1. The maximum atomic E-state index is 13.0. The number of benzene rings is 2. The number of esters is 2. The SMILES string of the molecule is CCCCCCCCCc1ccc(C(=O)Nc2ccccc2O/C(=C\C(=O)OCCC)C(=O)OCCC)cc1. The van der Waals surface area contributed by atoms with Crippen LogP contribution >= 0.6 is 0 Å². The summed E-state index contributed by atoms with van der Waals surface area (Å²) in [7, 11) is 0. The fourth-order valence-electron chi connectivity index (χ4n) is 3.83. The van der Waals surface area contributed by atoms with E-state index in [1.54, 1.807) is 24.3 Å². The van der Waals surface area contributed by atoms with Crippen molar-refractivity contribution in [2.24, 2.45) is 0 Å². The second-order valence-corrected chi connectivity index (χ2v) is 9.43. The minimum Gasteiger partial charge on any atom is -0.462 e. The number of carbonyl (C=O) groups is 3. The fourth-order valence-corrected chi connectivity index (χ4v) is 3.83. The lowest BCUT2D eigenvalue weighted by Crippen LogP contribution is -2.18. The van der Waals surface area contributed by atoms with Gasteiger partial charge in [0, 0.05) is 5.56 Å². The Labute approximate surface area is 232 Å². The third-order valence-corrected chi connectivity index (χ3v) is 5.98. The van der Waals surface area contributed by atoms with Gasteiger partial charge in [-0.15, -0.1) is 0 Å². The quantitative estimate of drug-likeness (QED) is 0.0922. The third kappa shape index (κ3) is 12.2. The van der Waals surface area contributed by atoms with Crippen molar-refractivity contribution in [2.75, 3.05) is 18.5 Å². The Morgan fingerprint density at radius 2 is 1.38 bits per heavy atom. The molecule has 2 aromatic carbocycles. The maximum Gasteiger partial charge on any atom is 0.374 e. The second-order valence-electron chi connectivity index (χ2n) is 9.43. The van der Waals surface area contributed by atoms with Crippen molar-refractivity contribution in [3.8, 4) is 5.75 Å². The number of rotatable bonds is 18. The Hall–Kier alpha value is -3.61. The van der Waals surface area contributed by atoms with E-state index in [-0.39, 0.29) is 30.6 Å². The van der Waals surface area contributed by atoms with E-state index in [0.717, 1.165) is 18.9 Å². The summed E-state index contributed by atoms with van der Waals surface area (Å²) in [5.41, 5.74) is 2.07. The molecule has 0 fully saturated rings. The summed E-state index contributed by atoms with van der Waals surface area (Å²) in [4.78, 5) is 37.7. The third-order valence-electron chi connectivity index (χ3n) is 5.98. The van der Waals surface area contributed by atoms with Gasteiger partial charge in [-0.2, -0.15) is 0 Å². The summed E-state index contributed by atoms with van der Waals surface area (Å²) in [6.07, 6.45) is 12.1. The summed E-state index contributed by atoms with van der Waals surface area (Å²) >= 11 is 0. The fraction of sp³-hybridized carbons (Fsp3) is 0.469. The molecule has 0 aliphatic carbocycles. The molecule has 212 valence electrons. The second kappa shape index (κ2) is 18.6. The summed E-state index contributed by atoms with van der Waals surface area (Å²) in [6, 6.07) is 14.3. The van der Waals surface area contributed by atoms with Crippen LogP contribution in [0.1, 0.15) is 94.5 Å². The van der Waals surface area contributed by atoms with Crippen molar-refractivity contribution >= 4 is 23.5 Å². The minimum absolute atomic E-state index is 0.177. The summed E-state index contributed by atoms with van der Waals surface area (Å²) in [6.45, 7) is 6.35. The molecule has 1 N–H and O–H groups in total. The van der Waals surface area contributed by atoms with Gasteiger partial charge in [-0.3, -0.25) is 4.79 Å². The standard InChI is InChI=1S/C32H43NO6/c1-4-7-8-9-10-11-12-15-25-18-20-26(21-19-25)31(35)33-27-16-13-14-17-28(27)39-29(32(36)38-23-6-3)24-30(34)37-22-5-2/h13-14,16-21,24H,4-12,15,22-23H2,1-3H3,(H,33,35)/b29-24-. The van der Waals surface area contributed by atoms with E-state index in [1.807, 2.05) is 38.1 Å². The number of para-hydroxylation sites is 2.